The second-order valence-electron chi connectivity index (χ2n) is 10.9. The molecule has 6 heteroatoms. The number of methoxy groups -OCH3 is 1. The van der Waals surface area contributed by atoms with E-state index in [1.54, 1.807) is 31.4 Å². The Kier molecular flexibility index (Phi) is 7.36. The molecule has 1 fully saturated rings. The van der Waals surface area contributed by atoms with Crippen molar-refractivity contribution in [3.05, 3.63) is 94.6 Å². The summed E-state index contributed by atoms with van der Waals surface area (Å²) in [7, 11) is 1.56. The lowest BCUT2D eigenvalue weighted by Gasteiger charge is -2.26. The Morgan fingerprint density at radius 3 is 2.24 bits per heavy atom. The number of ketones is 1. The van der Waals surface area contributed by atoms with E-state index < -0.39 is 17.7 Å². The standard InChI is InChI=1S/C32H35NO5/c1-19(2)38-25-10-8-9-21(17-25)28-27(29(34)26-18-22(32(4,5)6)12-11-20(26)3)30(35)31(36)33(28)23-13-15-24(37-7)16-14-23/h8-19,28,34H,1-7H3/b29-27+. The summed E-state index contributed by atoms with van der Waals surface area (Å²) in [6, 6.07) is 19.3. The fourth-order valence-electron chi connectivity index (χ4n) is 4.68. The zero-order chi connectivity index (χ0) is 27.8. The van der Waals surface area contributed by atoms with Gasteiger partial charge in [-0.1, -0.05) is 45.0 Å². The lowest BCUT2D eigenvalue weighted by Crippen LogP contribution is -2.29. The molecule has 0 bridgehead atoms. The number of Topliss-reactive ketones (excluding diaryl/α,β-unsaturated/α-hetero) is 1. The molecule has 198 valence electrons. The van der Waals surface area contributed by atoms with Gasteiger partial charge in [-0.05, 0) is 85.3 Å². The lowest BCUT2D eigenvalue weighted by molar-refractivity contribution is -0.132. The van der Waals surface area contributed by atoms with E-state index in [1.807, 2.05) is 63.2 Å². The summed E-state index contributed by atoms with van der Waals surface area (Å²) in [5.41, 5.74) is 3.41. The summed E-state index contributed by atoms with van der Waals surface area (Å²) in [6.07, 6.45) is -0.0546. The molecule has 1 unspecified atom stereocenters. The van der Waals surface area contributed by atoms with Crippen molar-refractivity contribution in [2.24, 2.45) is 0 Å². The van der Waals surface area contributed by atoms with E-state index in [-0.39, 0.29) is 22.9 Å². The average molecular weight is 514 g/mol. The van der Waals surface area contributed by atoms with Crippen molar-refractivity contribution < 1.29 is 24.2 Å². The highest BCUT2D eigenvalue weighted by atomic mass is 16.5. The molecule has 4 rings (SSSR count). The number of carbonyl (C=O) groups excluding carboxylic acids is 2. The maximum atomic E-state index is 13.6. The van der Waals surface area contributed by atoms with Gasteiger partial charge < -0.3 is 14.6 Å². The number of benzene rings is 3. The molecular weight excluding hydrogens is 478 g/mol. The van der Waals surface area contributed by atoms with Crippen LogP contribution in [0.2, 0.25) is 0 Å². The van der Waals surface area contributed by atoms with Crippen LogP contribution in [0, 0.1) is 6.92 Å². The van der Waals surface area contributed by atoms with Crippen LogP contribution in [0.3, 0.4) is 0 Å². The zero-order valence-corrected chi connectivity index (χ0v) is 23.0. The molecule has 1 amide bonds. The first-order valence-corrected chi connectivity index (χ1v) is 12.8. The molecule has 1 atom stereocenters. The van der Waals surface area contributed by atoms with Gasteiger partial charge in [-0.15, -0.1) is 0 Å². The SMILES string of the molecule is COc1ccc(N2C(=O)C(=O)/C(=C(/O)c3cc(C(C)(C)C)ccc3C)C2c2cccc(OC(C)C)c2)cc1. The van der Waals surface area contributed by atoms with Gasteiger partial charge in [-0.3, -0.25) is 14.5 Å². The van der Waals surface area contributed by atoms with Gasteiger partial charge in [0.25, 0.3) is 11.7 Å². The Hall–Kier alpha value is -4.06. The Labute approximate surface area is 224 Å². The van der Waals surface area contributed by atoms with Crippen LogP contribution in [0.5, 0.6) is 11.5 Å². The van der Waals surface area contributed by atoms with Crippen LogP contribution in [0.25, 0.3) is 5.76 Å². The van der Waals surface area contributed by atoms with Gasteiger partial charge in [0.05, 0.1) is 24.8 Å². The minimum atomic E-state index is -0.850. The van der Waals surface area contributed by atoms with Gasteiger partial charge in [0, 0.05) is 11.3 Å². The van der Waals surface area contributed by atoms with Crippen LogP contribution in [0.15, 0.2) is 72.3 Å². The van der Waals surface area contributed by atoms with Crippen molar-refractivity contribution in [1.29, 1.82) is 0 Å². The summed E-state index contributed by atoms with van der Waals surface area (Å²) in [5.74, 6) is -0.392. The highest BCUT2D eigenvalue weighted by molar-refractivity contribution is 6.51. The smallest absolute Gasteiger partial charge is 0.300 e. The Morgan fingerprint density at radius 1 is 0.947 bits per heavy atom. The molecule has 1 N–H and O–H groups in total. The first kappa shape index (κ1) is 27.0. The number of hydrogen-bond acceptors (Lipinski definition) is 5. The second-order valence-corrected chi connectivity index (χ2v) is 10.9. The van der Waals surface area contributed by atoms with Crippen molar-refractivity contribution in [3.63, 3.8) is 0 Å². The summed E-state index contributed by atoms with van der Waals surface area (Å²) in [4.78, 5) is 28.6. The van der Waals surface area contributed by atoms with E-state index in [9.17, 15) is 14.7 Å². The summed E-state index contributed by atoms with van der Waals surface area (Å²) in [6.45, 7) is 12.0. The molecule has 1 aliphatic heterocycles. The number of rotatable bonds is 6. The van der Waals surface area contributed by atoms with E-state index in [4.69, 9.17) is 9.47 Å². The average Bonchev–Trinajstić information content (AvgIpc) is 3.13. The van der Waals surface area contributed by atoms with Crippen LogP contribution in [0.1, 0.15) is 62.9 Å². The zero-order valence-electron chi connectivity index (χ0n) is 23.0. The van der Waals surface area contributed by atoms with Crippen LogP contribution >= 0.6 is 0 Å². The fraction of sp³-hybridized carbons (Fsp3) is 0.312. The van der Waals surface area contributed by atoms with Crippen molar-refractivity contribution in [3.8, 4) is 11.5 Å². The van der Waals surface area contributed by atoms with Crippen molar-refractivity contribution in [1.82, 2.24) is 0 Å². The quantitative estimate of drug-likeness (QED) is 0.225. The van der Waals surface area contributed by atoms with Gasteiger partial charge in [0.2, 0.25) is 0 Å². The van der Waals surface area contributed by atoms with Crippen LogP contribution in [-0.4, -0.2) is 30.0 Å². The predicted octanol–water partition coefficient (Wildman–Crippen LogP) is 6.71. The molecule has 1 heterocycles. The molecule has 0 spiro atoms. The fourth-order valence-corrected chi connectivity index (χ4v) is 4.68. The Bertz CT molecular complexity index is 1400. The van der Waals surface area contributed by atoms with Crippen LogP contribution < -0.4 is 14.4 Å². The number of aliphatic hydroxyl groups excluding tert-OH is 1. The largest absolute Gasteiger partial charge is 0.507 e. The van der Waals surface area contributed by atoms with Crippen LogP contribution in [0.4, 0.5) is 5.69 Å². The predicted molar refractivity (Wildman–Crippen MR) is 150 cm³/mol. The normalized spacial score (nSPS) is 17.3. The van der Waals surface area contributed by atoms with Gasteiger partial charge in [-0.25, -0.2) is 0 Å². The monoisotopic (exact) mass is 513 g/mol. The molecule has 3 aromatic carbocycles. The Morgan fingerprint density at radius 2 is 1.63 bits per heavy atom. The Balaban J connectivity index is 1.96. The van der Waals surface area contributed by atoms with Gasteiger partial charge in [0.15, 0.2) is 0 Å². The van der Waals surface area contributed by atoms with Crippen molar-refractivity contribution in [2.75, 3.05) is 12.0 Å². The summed E-state index contributed by atoms with van der Waals surface area (Å²) >= 11 is 0. The maximum absolute atomic E-state index is 13.6. The molecular formula is C32H35NO5. The number of ether oxygens (including phenoxy) is 2. The molecule has 0 radical (unpaired) electrons. The highest BCUT2D eigenvalue weighted by Gasteiger charge is 2.47. The van der Waals surface area contributed by atoms with E-state index in [2.05, 4.69) is 20.8 Å². The number of aliphatic hydroxyl groups is 1. The van der Waals surface area contributed by atoms with Gasteiger partial charge in [0.1, 0.15) is 17.3 Å². The van der Waals surface area contributed by atoms with Crippen molar-refractivity contribution >= 4 is 23.1 Å². The van der Waals surface area contributed by atoms with Gasteiger partial charge >= 0.3 is 0 Å². The summed E-state index contributed by atoms with van der Waals surface area (Å²) < 4.78 is 11.2. The molecule has 0 saturated carbocycles. The first-order valence-electron chi connectivity index (χ1n) is 12.8. The van der Waals surface area contributed by atoms with Gasteiger partial charge in [-0.2, -0.15) is 0 Å². The topological polar surface area (TPSA) is 76.1 Å². The second kappa shape index (κ2) is 10.4. The highest BCUT2D eigenvalue weighted by Crippen LogP contribution is 2.44. The third-order valence-electron chi connectivity index (χ3n) is 6.70. The molecule has 0 aromatic heterocycles. The van der Waals surface area contributed by atoms with E-state index in [1.165, 1.54) is 4.90 Å². The number of anilines is 1. The van der Waals surface area contributed by atoms with E-state index >= 15 is 0 Å². The molecule has 38 heavy (non-hydrogen) atoms. The molecule has 0 aliphatic carbocycles. The maximum Gasteiger partial charge on any atom is 0.300 e. The van der Waals surface area contributed by atoms with Crippen LogP contribution in [-0.2, 0) is 15.0 Å². The number of carbonyl (C=O) groups is 2. The van der Waals surface area contributed by atoms with E-state index in [0.29, 0.717) is 28.3 Å². The number of amides is 1. The minimum absolute atomic E-state index is 0.0432. The third kappa shape index (κ3) is 5.17. The molecule has 3 aromatic rings. The molecule has 6 nitrogen and oxygen atoms in total. The number of hydrogen-bond donors (Lipinski definition) is 1. The van der Waals surface area contributed by atoms with Crippen molar-refractivity contribution in [2.45, 2.75) is 59.1 Å². The van der Waals surface area contributed by atoms with E-state index in [0.717, 1.165) is 11.1 Å². The first-order chi connectivity index (χ1) is 17.9. The summed E-state index contributed by atoms with van der Waals surface area (Å²) in [5, 5.41) is 11.7. The lowest BCUT2D eigenvalue weighted by atomic mass is 9.84. The molecule has 1 aliphatic rings. The minimum Gasteiger partial charge on any atom is -0.507 e. The third-order valence-corrected chi connectivity index (χ3v) is 6.70. The number of aryl methyl sites for hydroxylation is 1. The number of nitrogens with zero attached hydrogens (tertiary/aromatic N) is 1. The molecule has 1 saturated heterocycles.